The fourth-order valence-electron chi connectivity index (χ4n) is 1.04. The fraction of sp³-hybridized carbons (Fsp3) is 0.125. The first-order valence-electron chi connectivity index (χ1n) is 4.25. The number of aromatic nitrogens is 4. The van der Waals surface area contributed by atoms with Crippen molar-refractivity contribution in [3.05, 3.63) is 29.2 Å². The van der Waals surface area contributed by atoms with Gasteiger partial charge in [-0.1, -0.05) is 11.6 Å². The molecule has 0 amide bonds. The Labute approximate surface area is 90.9 Å². The van der Waals surface area contributed by atoms with E-state index in [1.165, 1.54) is 12.4 Å². The van der Waals surface area contributed by atoms with Gasteiger partial charge in [-0.3, -0.25) is 5.10 Å². The highest BCUT2D eigenvalue weighted by atomic mass is 35.5. The van der Waals surface area contributed by atoms with Crippen LogP contribution in [0.4, 0.5) is 11.8 Å². The van der Waals surface area contributed by atoms with Crippen molar-refractivity contribution in [2.45, 2.75) is 6.54 Å². The SMILES string of the molecule is Nc1[nH]ncc1CNc1ncc(Cl)cn1. The van der Waals surface area contributed by atoms with Gasteiger partial charge in [-0.05, 0) is 0 Å². The number of nitrogens with zero attached hydrogens (tertiary/aromatic N) is 3. The first kappa shape index (κ1) is 9.72. The summed E-state index contributed by atoms with van der Waals surface area (Å²) in [5.74, 6) is 1.04. The predicted octanol–water partition coefficient (Wildman–Crippen LogP) is 1.05. The van der Waals surface area contributed by atoms with Crippen molar-refractivity contribution < 1.29 is 0 Å². The number of aromatic amines is 1. The lowest BCUT2D eigenvalue weighted by molar-refractivity contribution is 1.06. The van der Waals surface area contributed by atoms with E-state index in [0.717, 1.165) is 5.56 Å². The van der Waals surface area contributed by atoms with Gasteiger partial charge in [-0.2, -0.15) is 5.10 Å². The minimum atomic E-state index is 0.500. The topological polar surface area (TPSA) is 92.5 Å². The van der Waals surface area contributed by atoms with Crippen LogP contribution in [0.1, 0.15) is 5.56 Å². The van der Waals surface area contributed by atoms with Crippen molar-refractivity contribution in [3.8, 4) is 0 Å². The van der Waals surface area contributed by atoms with Crippen LogP contribution in [0.15, 0.2) is 18.6 Å². The number of hydrogen-bond acceptors (Lipinski definition) is 5. The standard InChI is InChI=1S/C8H9ClN6/c9-6-3-12-8(13-4-6)11-1-5-2-14-15-7(5)10/h2-4H,1H2,(H3,10,14,15)(H,11,12,13). The summed E-state index contributed by atoms with van der Waals surface area (Å²) in [5.41, 5.74) is 6.48. The van der Waals surface area contributed by atoms with E-state index in [4.69, 9.17) is 17.3 Å². The molecule has 0 atom stereocenters. The Kier molecular flexibility index (Phi) is 2.68. The van der Waals surface area contributed by atoms with E-state index in [-0.39, 0.29) is 0 Å². The van der Waals surface area contributed by atoms with Crippen molar-refractivity contribution in [3.63, 3.8) is 0 Å². The molecule has 7 heteroatoms. The van der Waals surface area contributed by atoms with Crippen LogP contribution in [0.25, 0.3) is 0 Å². The summed E-state index contributed by atoms with van der Waals surface area (Å²) in [6.45, 7) is 0.518. The molecule has 0 bridgehead atoms. The molecule has 0 spiro atoms. The highest BCUT2D eigenvalue weighted by molar-refractivity contribution is 6.30. The number of hydrogen-bond donors (Lipinski definition) is 3. The third-order valence-corrected chi connectivity index (χ3v) is 2.00. The van der Waals surface area contributed by atoms with E-state index >= 15 is 0 Å². The number of nitrogens with two attached hydrogens (primary N) is 1. The molecule has 0 saturated carbocycles. The van der Waals surface area contributed by atoms with Crippen LogP contribution >= 0.6 is 11.6 Å². The summed E-state index contributed by atoms with van der Waals surface area (Å²) in [7, 11) is 0. The monoisotopic (exact) mass is 224 g/mol. The molecule has 6 nitrogen and oxygen atoms in total. The average molecular weight is 225 g/mol. The number of nitrogens with one attached hydrogen (secondary N) is 2. The van der Waals surface area contributed by atoms with Crippen LogP contribution in [0.3, 0.4) is 0 Å². The summed E-state index contributed by atoms with van der Waals surface area (Å²) in [6, 6.07) is 0. The van der Waals surface area contributed by atoms with Crippen LogP contribution in [0.2, 0.25) is 5.02 Å². The van der Waals surface area contributed by atoms with E-state index in [1.54, 1.807) is 6.20 Å². The van der Waals surface area contributed by atoms with Gasteiger partial charge in [0.05, 0.1) is 23.6 Å². The molecular weight excluding hydrogens is 216 g/mol. The smallest absolute Gasteiger partial charge is 0.222 e. The molecule has 2 heterocycles. The lowest BCUT2D eigenvalue weighted by atomic mass is 10.3. The first-order valence-corrected chi connectivity index (χ1v) is 4.62. The van der Waals surface area contributed by atoms with Crippen LogP contribution in [-0.4, -0.2) is 20.2 Å². The molecule has 0 aliphatic carbocycles. The fourth-order valence-corrected chi connectivity index (χ4v) is 1.14. The molecule has 0 aliphatic rings. The second kappa shape index (κ2) is 4.14. The van der Waals surface area contributed by atoms with E-state index in [9.17, 15) is 0 Å². The molecule has 2 rings (SSSR count). The zero-order chi connectivity index (χ0) is 10.7. The number of halogens is 1. The Hall–Kier alpha value is -1.82. The van der Waals surface area contributed by atoms with Crippen molar-refractivity contribution in [1.82, 2.24) is 20.2 Å². The zero-order valence-electron chi connectivity index (χ0n) is 7.74. The lowest BCUT2D eigenvalue weighted by Crippen LogP contribution is -2.04. The largest absolute Gasteiger partial charge is 0.384 e. The Bertz CT molecular complexity index is 437. The van der Waals surface area contributed by atoms with Crippen molar-refractivity contribution >= 4 is 23.4 Å². The molecule has 4 N–H and O–H groups in total. The Morgan fingerprint density at radius 3 is 2.67 bits per heavy atom. The summed E-state index contributed by atoms with van der Waals surface area (Å²) in [4.78, 5) is 7.96. The van der Waals surface area contributed by atoms with Gasteiger partial charge in [0, 0.05) is 12.1 Å². The number of rotatable bonds is 3. The van der Waals surface area contributed by atoms with E-state index < -0.39 is 0 Å². The van der Waals surface area contributed by atoms with Crippen molar-refractivity contribution in [2.24, 2.45) is 0 Å². The van der Waals surface area contributed by atoms with E-state index in [2.05, 4.69) is 25.5 Å². The van der Waals surface area contributed by atoms with Gasteiger partial charge >= 0.3 is 0 Å². The lowest BCUT2D eigenvalue weighted by Gasteiger charge is -2.02. The van der Waals surface area contributed by atoms with Gasteiger partial charge in [-0.25, -0.2) is 9.97 Å². The summed E-state index contributed by atoms with van der Waals surface area (Å²) in [5, 5.41) is 9.93. The molecule has 2 aromatic heterocycles. The molecule has 0 radical (unpaired) electrons. The maximum absolute atomic E-state index is 5.65. The molecule has 78 valence electrons. The highest BCUT2D eigenvalue weighted by Crippen LogP contribution is 2.09. The molecule has 0 aromatic carbocycles. The maximum Gasteiger partial charge on any atom is 0.222 e. The second-order valence-electron chi connectivity index (χ2n) is 2.89. The summed E-state index contributed by atoms with van der Waals surface area (Å²) >= 11 is 5.65. The first-order chi connectivity index (χ1) is 7.25. The number of H-pyrrole nitrogens is 1. The van der Waals surface area contributed by atoms with Crippen molar-refractivity contribution in [2.75, 3.05) is 11.1 Å². The minimum Gasteiger partial charge on any atom is -0.384 e. The Balaban J connectivity index is 1.99. The third-order valence-electron chi connectivity index (χ3n) is 1.81. The highest BCUT2D eigenvalue weighted by Gasteiger charge is 2.01. The molecule has 15 heavy (non-hydrogen) atoms. The van der Waals surface area contributed by atoms with Gasteiger partial charge in [0.15, 0.2) is 0 Å². The van der Waals surface area contributed by atoms with Crippen LogP contribution in [-0.2, 0) is 6.54 Å². The normalized spacial score (nSPS) is 10.2. The summed E-state index contributed by atoms with van der Waals surface area (Å²) in [6.07, 6.45) is 4.70. The Morgan fingerprint density at radius 2 is 2.07 bits per heavy atom. The van der Waals surface area contributed by atoms with Crippen molar-refractivity contribution in [1.29, 1.82) is 0 Å². The van der Waals surface area contributed by atoms with Crippen LogP contribution in [0, 0.1) is 0 Å². The number of nitrogen functional groups attached to an aromatic ring is 1. The molecular formula is C8H9ClN6. The molecule has 0 fully saturated rings. The summed E-state index contributed by atoms with van der Waals surface area (Å²) < 4.78 is 0. The average Bonchev–Trinajstić information content (AvgIpc) is 2.63. The minimum absolute atomic E-state index is 0.500. The predicted molar refractivity (Wildman–Crippen MR) is 57.4 cm³/mol. The molecule has 2 aromatic rings. The molecule has 0 unspecified atom stereocenters. The second-order valence-corrected chi connectivity index (χ2v) is 3.32. The van der Waals surface area contributed by atoms with Crippen LogP contribution < -0.4 is 11.1 Å². The van der Waals surface area contributed by atoms with E-state index in [0.29, 0.717) is 23.3 Å². The van der Waals surface area contributed by atoms with E-state index in [1.807, 2.05) is 0 Å². The molecule has 0 aliphatic heterocycles. The third kappa shape index (κ3) is 2.35. The van der Waals surface area contributed by atoms with Gasteiger partial charge in [-0.15, -0.1) is 0 Å². The number of anilines is 2. The van der Waals surface area contributed by atoms with Gasteiger partial charge < -0.3 is 11.1 Å². The molecule has 0 saturated heterocycles. The van der Waals surface area contributed by atoms with Gasteiger partial charge in [0.2, 0.25) is 5.95 Å². The maximum atomic E-state index is 5.65. The zero-order valence-corrected chi connectivity index (χ0v) is 8.49. The Morgan fingerprint density at radius 1 is 1.33 bits per heavy atom. The van der Waals surface area contributed by atoms with Gasteiger partial charge in [0.1, 0.15) is 5.82 Å². The quantitative estimate of drug-likeness (QED) is 0.725. The van der Waals surface area contributed by atoms with Gasteiger partial charge in [0.25, 0.3) is 0 Å². The van der Waals surface area contributed by atoms with Crippen LogP contribution in [0.5, 0.6) is 0 Å².